The van der Waals surface area contributed by atoms with Crippen LogP contribution in [0.3, 0.4) is 0 Å². The van der Waals surface area contributed by atoms with E-state index in [1.807, 2.05) is 91.5 Å². The van der Waals surface area contributed by atoms with E-state index in [0.29, 0.717) is 17.9 Å². The topological polar surface area (TPSA) is 71.8 Å². The van der Waals surface area contributed by atoms with E-state index < -0.39 is 17.7 Å². The highest BCUT2D eigenvalue weighted by atomic mass is 16.5. The molecule has 1 atom stereocenters. The van der Waals surface area contributed by atoms with Crippen LogP contribution in [0.4, 0.5) is 0 Å². The van der Waals surface area contributed by atoms with Crippen LogP contribution in [-0.4, -0.2) is 32.3 Å². The zero-order chi connectivity index (χ0) is 27.1. The van der Waals surface area contributed by atoms with E-state index in [0.717, 1.165) is 53.3 Å². The number of aryl methyl sites for hydroxylation is 2. The van der Waals surface area contributed by atoms with Gasteiger partial charge in [0.1, 0.15) is 18.1 Å². The molecule has 6 heteroatoms. The van der Waals surface area contributed by atoms with Crippen molar-refractivity contribution in [2.45, 2.75) is 51.3 Å². The van der Waals surface area contributed by atoms with E-state index in [4.69, 9.17) is 4.74 Å². The van der Waals surface area contributed by atoms with Gasteiger partial charge in [-0.15, -0.1) is 0 Å². The maximum atomic E-state index is 13.6. The number of carbonyl (C=O) groups is 2. The number of fused-ring (bicyclic) bond motifs is 1. The maximum Gasteiger partial charge on any atom is 0.295 e. The van der Waals surface area contributed by atoms with Gasteiger partial charge in [-0.3, -0.25) is 9.59 Å². The number of benzene rings is 3. The Morgan fingerprint density at radius 2 is 1.69 bits per heavy atom. The Morgan fingerprint density at radius 3 is 2.44 bits per heavy atom. The van der Waals surface area contributed by atoms with Crippen LogP contribution in [0, 0.1) is 6.92 Å². The Bertz CT molecular complexity index is 1590. The predicted octanol–water partition coefficient (Wildman–Crippen LogP) is 6.43. The molecule has 6 rings (SSSR count). The number of Topliss-reactive ketones (excluding diaryl/α,β-unsaturated/α-hetero) is 1. The molecule has 6 nitrogen and oxygen atoms in total. The van der Waals surface area contributed by atoms with Crippen LogP contribution in [0.5, 0.6) is 5.75 Å². The van der Waals surface area contributed by atoms with Crippen molar-refractivity contribution < 1.29 is 19.4 Å². The van der Waals surface area contributed by atoms with Gasteiger partial charge in [0, 0.05) is 41.3 Å². The Morgan fingerprint density at radius 1 is 0.974 bits per heavy atom. The minimum absolute atomic E-state index is 0.0220. The van der Waals surface area contributed by atoms with Crippen molar-refractivity contribution in [3.8, 4) is 5.75 Å². The molecular formula is C33H32N2O4. The highest BCUT2D eigenvalue weighted by Crippen LogP contribution is 2.45. The lowest BCUT2D eigenvalue weighted by Gasteiger charge is -2.30. The molecule has 0 spiro atoms. The van der Waals surface area contributed by atoms with Crippen molar-refractivity contribution in [1.29, 1.82) is 0 Å². The first-order chi connectivity index (χ1) is 18.9. The average Bonchev–Trinajstić information content (AvgIpc) is 3.66. The molecule has 1 N–H and O–H groups in total. The number of ether oxygens (including phenoxy) is 1. The average molecular weight is 521 g/mol. The number of hydrogen-bond donors (Lipinski definition) is 1. The highest BCUT2D eigenvalue weighted by molar-refractivity contribution is 6.46. The molecule has 1 saturated heterocycles. The van der Waals surface area contributed by atoms with Gasteiger partial charge in [0.05, 0.1) is 11.6 Å². The van der Waals surface area contributed by atoms with Crippen LogP contribution in [0.1, 0.15) is 54.0 Å². The molecule has 1 aliphatic carbocycles. The van der Waals surface area contributed by atoms with E-state index in [9.17, 15) is 14.7 Å². The number of aromatic nitrogens is 1. The quantitative estimate of drug-likeness (QED) is 0.181. The van der Waals surface area contributed by atoms with Gasteiger partial charge in [-0.2, -0.15) is 0 Å². The second-order valence-electron chi connectivity index (χ2n) is 10.6. The van der Waals surface area contributed by atoms with Crippen molar-refractivity contribution in [3.63, 3.8) is 0 Å². The summed E-state index contributed by atoms with van der Waals surface area (Å²) in [6.07, 6.45) is 5.77. The number of ketones is 1. The second kappa shape index (κ2) is 10.1. The number of aliphatic hydroxyl groups excluding tert-OH is 1. The highest BCUT2D eigenvalue weighted by Gasteiger charge is 2.50. The zero-order valence-corrected chi connectivity index (χ0v) is 22.3. The van der Waals surface area contributed by atoms with Crippen LogP contribution < -0.4 is 4.74 Å². The second-order valence-corrected chi connectivity index (χ2v) is 10.6. The number of rotatable bonds is 6. The number of nitrogens with zero attached hydrogens (tertiary/aromatic N) is 2. The third-order valence-electron chi connectivity index (χ3n) is 8.11. The van der Waals surface area contributed by atoms with E-state index in [2.05, 4.69) is 0 Å². The first-order valence-corrected chi connectivity index (χ1v) is 13.6. The molecule has 39 heavy (non-hydrogen) atoms. The van der Waals surface area contributed by atoms with E-state index in [1.165, 1.54) is 0 Å². The molecule has 3 aromatic carbocycles. The standard InChI is InChI=1S/C33H32N2O4/c1-21-18-23(16-17-28(21)39-20-22-10-4-3-5-11-22)31(36)29-30(26-19-34(2)27-15-9-8-14-25(26)27)35(33(38)32(29)37)24-12-6-7-13-24/h3-5,8-11,14-19,24,30,36H,6-7,12-13,20H2,1-2H3/b31-29+. The number of amides is 1. The molecule has 1 aliphatic heterocycles. The van der Waals surface area contributed by atoms with E-state index in [1.54, 1.807) is 11.0 Å². The van der Waals surface area contributed by atoms with Crippen LogP contribution in [0.25, 0.3) is 16.7 Å². The lowest BCUT2D eigenvalue weighted by atomic mass is 9.94. The molecule has 1 aromatic heterocycles. The minimum Gasteiger partial charge on any atom is -0.507 e. The van der Waals surface area contributed by atoms with E-state index in [-0.39, 0.29) is 17.4 Å². The first-order valence-electron chi connectivity index (χ1n) is 13.6. The van der Waals surface area contributed by atoms with Crippen molar-refractivity contribution in [1.82, 2.24) is 9.47 Å². The summed E-state index contributed by atoms with van der Waals surface area (Å²) in [6, 6.07) is 22.6. The lowest BCUT2D eigenvalue weighted by molar-refractivity contribution is -0.141. The van der Waals surface area contributed by atoms with Gasteiger partial charge in [-0.25, -0.2) is 0 Å². The normalized spacial score (nSPS) is 19.3. The van der Waals surface area contributed by atoms with Crippen LogP contribution in [-0.2, 0) is 23.2 Å². The van der Waals surface area contributed by atoms with Gasteiger partial charge in [-0.1, -0.05) is 61.4 Å². The Labute approximate surface area is 228 Å². The molecule has 198 valence electrons. The van der Waals surface area contributed by atoms with E-state index >= 15 is 0 Å². The molecule has 1 amide bonds. The molecule has 1 unspecified atom stereocenters. The third kappa shape index (κ3) is 4.40. The molecular weight excluding hydrogens is 488 g/mol. The summed E-state index contributed by atoms with van der Waals surface area (Å²) < 4.78 is 8.03. The van der Waals surface area contributed by atoms with Crippen LogP contribution in [0.2, 0.25) is 0 Å². The van der Waals surface area contributed by atoms with Crippen molar-refractivity contribution in [2.75, 3.05) is 0 Å². The zero-order valence-electron chi connectivity index (χ0n) is 22.3. The number of aliphatic hydroxyl groups is 1. The van der Waals surface area contributed by atoms with Crippen molar-refractivity contribution in [3.05, 3.63) is 107 Å². The van der Waals surface area contributed by atoms with Crippen LogP contribution >= 0.6 is 0 Å². The SMILES string of the molecule is Cc1cc(/C(O)=C2\C(=O)C(=O)N(C3CCCC3)C2c2cn(C)c3ccccc23)ccc1OCc1ccccc1. The van der Waals surface area contributed by atoms with Gasteiger partial charge in [0.2, 0.25) is 0 Å². The molecule has 1 saturated carbocycles. The van der Waals surface area contributed by atoms with Gasteiger partial charge in [0.25, 0.3) is 11.7 Å². The summed E-state index contributed by atoms with van der Waals surface area (Å²) in [5.41, 5.74) is 4.42. The number of para-hydroxylation sites is 1. The van der Waals surface area contributed by atoms with Gasteiger partial charge < -0.3 is 19.3 Å². The molecule has 0 bridgehead atoms. The first kappa shape index (κ1) is 25.0. The molecule has 2 aliphatic rings. The molecule has 2 fully saturated rings. The monoisotopic (exact) mass is 520 g/mol. The summed E-state index contributed by atoms with van der Waals surface area (Å²) >= 11 is 0. The third-order valence-corrected chi connectivity index (χ3v) is 8.11. The fraction of sp³-hybridized carbons (Fsp3) is 0.273. The fourth-order valence-electron chi connectivity index (χ4n) is 6.15. The van der Waals surface area contributed by atoms with Gasteiger partial charge >= 0.3 is 0 Å². The predicted molar refractivity (Wildman–Crippen MR) is 151 cm³/mol. The van der Waals surface area contributed by atoms with Crippen molar-refractivity contribution >= 4 is 28.4 Å². The summed E-state index contributed by atoms with van der Waals surface area (Å²) in [6.45, 7) is 2.34. The van der Waals surface area contributed by atoms with Gasteiger partial charge in [-0.05, 0) is 55.2 Å². The lowest BCUT2D eigenvalue weighted by Crippen LogP contribution is -2.37. The Hall–Kier alpha value is -4.32. The smallest absolute Gasteiger partial charge is 0.295 e. The Balaban J connectivity index is 1.43. The molecule has 0 radical (unpaired) electrons. The number of carbonyl (C=O) groups excluding carboxylic acids is 2. The molecule has 2 heterocycles. The maximum absolute atomic E-state index is 13.6. The summed E-state index contributed by atoms with van der Waals surface area (Å²) in [7, 11) is 1.96. The fourth-order valence-corrected chi connectivity index (χ4v) is 6.15. The number of hydrogen-bond acceptors (Lipinski definition) is 4. The molecule has 4 aromatic rings. The van der Waals surface area contributed by atoms with Crippen molar-refractivity contribution in [2.24, 2.45) is 7.05 Å². The largest absolute Gasteiger partial charge is 0.507 e. The minimum atomic E-state index is -0.645. The summed E-state index contributed by atoms with van der Waals surface area (Å²) in [5.74, 6) is -0.600. The summed E-state index contributed by atoms with van der Waals surface area (Å²) in [4.78, 5) is 28.8. The Kier molecular flexibility index (Phi) is 6.47. The van der Waals surface area contributed by atoms with Gasteiger partial charge in [0.15, 0.2) is 0 Å². The van der Waals surface area contributed by atoms with Crippen LogP contribution in [0.15, 0.2) is 84.6 Å². The summed E-state index contributed by atoms with van der Waals surface area (Å²) in [5, 5.41) is 12.6. The number of likely N-dealkylation sites (tertiary alicyclic amines) is 1.